The van der Waals surface area contributed by atoms with E-state index in [1.54, 1.807) is 44.2 Å². The molecule has 7 unspecified atom stereocenters. The highest BCUT2D eigenvalue weighted by atomic mass is 32.5. The number of ether oxygens (including phenoxy) is 2. The Bertz CT molecular complexity index is 1300. The topological polar surface area (TPSA) is 161 Å². The average Bonchev–Trinajstić information content (AvgIpc) is 3.27. The van der Waals surface area contributed by atoms with Crippen molar-refractivity contribution < 1.29 is 33.5 Å². The molecule has 0 bridgehead atoms. The molecule has 0 radical (unpaired) electrons. The molecule has 14 heteroatoms. The predicted octanol–water partition coefficient (Wildman–Crippen LogP) is 0.548. The maximum Gasteiger partial charge on any atom is 0.330 e. The summed E-state index contributed by atoms with van der Waals surface area (Å²) in [7, 11) is 0. The maximum absolute atomic E-state index is 12.4. The third-order valence-corrected chi connectivity index (χ3v) is 8.44. The van der Waals surface area contributed by atoms with Crippen molar-refractivity contribution in [3.63, 3.8) is 0 Å². The molecule has 196 valence electrons. The summed E-state index contributed by atoms with van der Waals surface area (Å²) in [5, 5.41) is 25.4. The van der Waals surface area contributed by atoms with Crippen LogP contribution < -0.4 is 20.9 Å². The van der Waals surface area contributed by atoms with Crippen LogP contribution in [0.2, 0.25) is 0 Å². The first-order valence-corrected chi connectivity index (χ1v) is 13.9. The minimum atomic E-state index is -3.53. The average molecular weight is 542 g/mol. The molecule has 2 aliphatic rings. The molecule has 4 N–H and O–H groups in total. The molecule has 0 amide bonds. The van der Waals surface area contributed by atoms with Gasteiger partial charge in [0.15, 0.2) is 11.8 Å². The number of aromatic nitrogens is 2. The normalized spacial score (nSPS) is 31.4. The van der Waals surface area contributed by atoms with Gasteiger partial charge in [0.05, 0.1) is 6.10 Å². The number of benzene rings is 1. The fraction of sp³-hybridized carbons (Fsp3) is 0.500. The summed E-state index contributed by atoms with van der Waals surface area (Å²) in [6.45, 7) is 2.71. The second kappa shape index (κ2) is 9.49. The number of H-pyrrole nitrogens is 1. The number of hydrogen-bond donors (Lipinski definition) is 4. The molecule has 7 atom stereocenters. The van der Waals surface area contributed by atoms with Gasteiger partial charge in [0.1, 0.15) is 29.6 Å². The van der Waals surface area contributed by atoms with E-state index in [9.17, 15) is 24.6 Å². The van der Waals surface area contributed by atoms with Gasteiger partial charge in [-0.3, -0.25) is 23.7 Å². The molecule has 1 saturated heterocycles. The number of hydrogen-bond acceptors (Lipinski definition) is 10. The van der Waals surface area contributed by atoms with E-state index < -0.39 is 59.5 Å². The van der Waals surface area contributed by atoms with E-state index >= 15 is 0 Å². The number of fused-ring (bicyclic) bond motifs is 1. The lowest BCUT2D eigenvalue weighted by atomic mass is 9.95. The standard InChI is InChI=1S/C22H28N3O9PS/c1-12(2)31-18(27)13(3)24-35(36,33-14-8-6-5-7-9-14)34-17-16-22(17,30)21(4,29)19(32-16)25-11-10-15(26)23-20(25)28/h5-13,16-17,19,29-30H,1-4H3,(H,24,36)(H,23,26,28). The molecule has 0 spiro atoms. The number of para-hydroxylation sites is 1. The SMILES string of the molecule is CC(C)OC(=O)C(C)NP(=S)(Oc1ccccc1)OC1C2OC(n3ccc(=O)[nH]c3=O)C(C)(O)C21O. The summed E-state index contributed by atoms with van der Waals surface area (Å²) < 4.78 is 24.0. The fourth-order valence-corrected chi connectivity index (χ4v) is 6.81. The van der Waals surface area contributed by atoms with Crippen molar-refractivity contribution in [3.8, 4) is 5.75 Å². The van der Waals surface area contributed by atoms with Gasteiger partial charge < -0.3 is 24.2 Å². The third kappa shape index (κ3) is 4.80. The molecule has 1 saturated carbocycles. The Morgan fingerprint density at radius 2 is 1.89 bits per heavy atom. The van der Waals surface area contributed by atoms with E-state index in [4.69, 9.17) is 30.3 Å². The lowest BCUT2D eigenvalue weighted by Crippen LogP contribution is -2.51. The Morgan fingerprint density at radius 3 is 2.44 bits per heavy atom. The number of esters is 1. The Balaban J connectivity index is 1.57. The van der Waals surface area contributed by atoms with Crippen LogP contribution in [-0.4, -0.2) is 61.3 Å². The van der Waals surface area contributed by atoms with Crippen molar-refractivity contribution >= 4 is 24.4 Å². The summed E-state index contributed by atoms with van der Waals surface area (Å²) in [4.78, 5) is 38.1. The van der Waals surface area contributed by atoms with E-state index in [-0.39, 0.29) is 6.10 Å². The second-order valence-electron chi connectivity index (χ2n) is 9.16. The quantitative estimate of drug-likeness (QED) is 0.259. The van der Waals surface area contributed by atoms with E-state index in [1.807, 2.05) is 0 Å². The summed E-state index contributed by atoms with van der Waals surface area (Å²) in [5.41, 5.74) is -5.40. The largest absolute Gasteiger partial charge is 0.462 e. The van der Waals surface area contributed by atoms with Gasteiger partial charge in [0, 0.05) is 12.3 Å². The Labute approximate surface area is 211 Å². The Kier molecular flexibility index (Phi) is 7.03. The van der Waals surface area contributed by atoms with Gasteiger partial charge in [-0.1, -0.05) is 18.2 Å². The second-order valence-corrected chi connectivity index (χ2v) is 12.3. The molecule has 1 aliphatic carbocycles. The smallest absolute Gasteiger partial charge is 0.330 e. The minimum Gasteiger partial charge on any atom is -0.462 e. The highest BCUT2D eigenvalue weighted by Crippen LogP contribution is 2.64. The number of aliphatic hydroxyl groups is 2. The van der Waals surface area contributed by atoms with Crippen molar-refractivity contribution in [2.45, 2.75) is 69.5 Å². The van der Waals surface area contributed by atoms with Gasteiger partial charge >= 0.3 is 18.3 Å². The van der Waals surface area contributed by atoms with Gasteiger partial charge in [-0.15, -0.1) is 0 Å². The zero-order chi connectivity index (χ0) is 26.5. The predicted molar refractivity (Wildman–Crippen MR) is 131 cm³/mol. The van der Waals surface area contributed by atoms with Crippen LogP contribution in [0.15, 0.2) is 52.2 Å². The van der Waals surface area contributed by atoms with E-state index in [0.29, 0.717) is 5.75 Å². The van der Waals surface area contributed by atoms with Crippen molar-refractivity contribution in [2.24, 2.45) is 0 Å². The van der Waals surface area contributed by atoms with Gasteiger partial charge in [-0.2, -0.15) is 0 Å². The number of carbonyl (C=O) groups is 1. The number of rotatable bonds is 9. The number of nitrogens with zero attached hydrogens (tertiary/aromatic N) is 1. The molecule has 4 rings (SSSR count). The summed E-state index contributed by atoms with van der Waals surface area (Å²) in [6.07, 6.45) is -2.71. The van der Waals surface area contributed by atoms with Crippen LogP contribution in [0.1, 0.15) is 33.9 Å². The van der Waals surface area contributed by atoms with Crippen molar-refractivity contribution in [1.82, 2.24) is 14.6 Å². The molecule has 1 aromatic carbocycles. The molecule has 1 aromatic heterocycles. The zero-order valence-corrected chi connectivity index (χ0v) is 21.7. The van der Waals surface area contributed by atoms with Crippen molar-refractivity contribution in [2.75, 3.05) is 0 Å². The molecule has 12 nitrogen and oxygen atoms in total. The summed E-state index contributed by atoms with van der Waals surface area (Å²) >= 11 is 5.67. The number of aromatic amines is 1. The zero-order valence-electron chi connectivity index (χ0n) is 20.0. The van der Waals surface area contributed by atoms with Gasteiger partial charge in [-0.05, 0) is 51.6 Å². The van der Waals surface area contributed by atoms with Crippen LogP contribution >= 0.6 is 6.64 Å². The molecule has 2 fully saturated rings. The van der Waals surface area contributed by atoms with Crippen molar-refractivity contribution in [3.05, 3.63) is 63.4 Å². The molecule has 2 aromatic rings. The van der Waals surface area contributed by atoms with Crippen LogP contribution in [0.4, 0.5) is 0 Å². The molecular formula is C22H28N3O9PS. The van der Waals surface area contributed by atoms with E-state index in [0.717, 1.165) is 16.8 Å². The van der Waals surface area contributed by atoms with Crippen LogP contribution in [0.25, 0.3) is 0 Å². The van der Waals surface area contributed by atoms with Crippen LogP contribution in [0, 0.1) is 0 Å². The van der Waals surface area contributed by atoms with Gasteiger partial charge in [0.2, 0.25) is 0 Å². The minimum absolute atomic E-state index is 0.351. The first-order chi connectivity index (χ1) is 16.8. The first kappa shape index (κ1) is 26.7. The van der Waals surface area contributed by atoms with Crippen LogP contribution in [0.3, 0.4) is 0 Å². The highest BCUT2D eigenvalue weighted by molar-refractivity contribution is 8.09. The highest BCUT2D eigenvalue weighted by Gasteiger charge is 2.84. The molecular weight excluding hydrogens is 513 g/mol. The van der Waals surface area contributed by atoms with Gasteiger partial charge in [-0.25, -0.2) is 9.88 Å². The fourth-order valence-electron chi connectivity index (χ4n) is 4.09. The summed E-state index contributed by atoms with van der Waals surface area (Å²) in [5.74, 6) is -0.212. The molecule has 2 heterocycles. The lowest BCUT2D eigenvalue weighted by molar-refractivity contribution is -0.156. The molecule has 1 aliphatic heterocycles. The lowest BCUT2D eigenvalue weighted by Gasteiger charge is -2.34. The number of nitrogens with one attached hydrogen (secondary N) is 2. The van der Waals surface area contributed by atoms with Crippen LogP contribution in [0.5, 0.6) is 5.75 Å². The van der Waals surface area contributed by atoms with E-state index in [1.165, 1.54) is 13.8 Å². The monoisotopic (exact) mass is 541 g/mol. The summed E-state index contributed by atoms with van der Waals surface area (Å²) in [6, 6.07) is 8.72. The van der Waals surface area contributed by atoms with Gasteiger partial charge in [0.25, 0.3) is 5.56 Å². The van der Waals surface area contributed by atoms with E-state index in [2.05, 4.69) is 10.1 Å². The third-order valence-electron chi connectivity index (χ3n) is 5.98. The van der Waals surface area contributed by atoms with Crippen molar-refractivity contribution in [1.29, 1.82) is 0 Å². The maximum atomic E-state index is 12.4. The Morgan fingerprint density at radius 1 is 1.22 bits per heavy atom. The number of carbonyl (C=O) groups excluding carboxylic acids is 1. The molecule has 36 heavy (non-hydrogen) atoms. The first-order valence-electron chi connectivity index (χ1n) is 11.2. The Hall–Kier alpha value is -2.38. The van der Waals surface area contributed by atoms with Crippen LogP contribution in [-0.2, 0) is 30.6 Å².